The van der Waals surface area contributed by atoms with E-state index in [1.807, 2.05) is 31.2 Å². The second kappa shape index (κ2) is 6.87. The molecule has 4 rings (SSSR count). The third-order valence-electron chi connectivity index (χ3n) is 4.15. The fraction of sp³-hybridized carbons (Fsp3) is 0.333. The Balaban J connectivity index is 1.43. The van der Waals surface area contributed by atoms with E-state index < -0.39 is 0 Å². The van der Waals surface area contributed by atoms with Gasteiger partial charge in [0.15, 0.2) is 5.82 Å². The number of benzene rings is 1. The lowest BCUT2D eigenvalue weighted by Gasteiger charge is -2.17. The molecule has 0 unspecified atom stereocenters. The number of carbonyl (C=O) groups is 1. The molecule has 2 amide bonds. The summed E-state index contributed by atoms with van der Waals surface area (Å²) in [7, 11) is 1.76. The molecule has 0 radical (unpaired) electrons. The molecule has 0 aliphatic heterocycles. The van der Waals surface area contributed by atoms with Crippen molar-refractivity contribution in [1.82, 2.24) is 20.0 Å². The van der Waals surface area contributed by atoms with Crippen molar-refractivity contribution in [3.63, 3.8) is 0 Å². The van der Waals surface area contributed by atoms with E-state index >= 15 is 0 Å². The molecule has 2 aromatic heterocycles. The molecule has 0 atom stereocenters. The first-order valence-electron chi connectivity index (χ1n) is 8.46. The molecule has 7 nitrogen and oxygen atoms in total. The quantitative estimate of drug-likeness (QED) is 0.734. The van der Waals surface area contributed by atoms with Crippen LogP contribution in [0.4, 0.5) is 10.5 Å². The summed E-state index contributed by atoms with van der Waals surface area (Å²) in [5.74, 6) is 1.70. The van der Waals surface area contributed by atoms with Crippen LogP contribution in [0.5, 0.6) is 0 Å². The van der Waals surface area contributed by atoms with Crippen LogP contribution in [0, 0.1) is 6.92 Å². The summed E-state index contributed by atoms with van der Waals surface area (Å²) in [6.07, 6.45) is 4.05. The van der Waals surface area contributed by atoms with Crippen LogP contribution in [-0.4, -0.2) is 33.1 Å². The SMILES string of the molecule is Cc1ncc(CN(C)C(=O)Nc2cccc(-c3nc(C4CC4)no3)c2)s1. The second-order valence-corrected chi connectivity index (χ2v) is 7.76. The Kier molecular flexibility index (Phi) is 4.42. The zero-order chi connectivity index (χ0) is 18.1. The maximum Gasteiger partial charge on any atom is 0.321 e. The fourth-order valence-corrected chi connectivity index (χ4v) is 3.44. The van der Waals surface area contributed by atoms with Crippen LogP contribution in [0.2, 0.25) is 0 Å². The highest BCUT2D eigenvalue weighted by atomic mass is 32.1. The van der Waals surface area contributed by atoms with Crippen LogP contribution in [0.25, 0.3) is 11.5 Å². The molecule has 0 bridgehead atoms. The third kappa shape index (κ3) is 3.75. The first-order valence-corrected chi connectivity index (χ1v) is 9.27. The van der Waals surface area contributed by atoms with Gasteiger partial charge < -0.3 is 14.7 Å². The highest BCUT2D eigenvalue weighted by Gasteiger charge is 2.29. The van der Waals surface area contributed by atoms with Crippen molar-refractivity contribution in [3.8, 4) is 11.5 Å². The first-order chi connectivity index (χ1) is 12.6. The minimum Gasteiger partial charge on any atom is -0.334 e. The number of nitrogens with zero attached hydrogens (tertiary/aromatic N) is 4. The topological polar surface area (TPSA) is 84.2 Å². The smallest absolute Gasteiger partial charge is 0.321 e. The minimum absolute atomic E-state index is 0.183. The summed E-state index contributed by atoms with van der Waals surface area (Å²) in [6.45, 7) is 2.47. The summed E-state index contributed by atoms with van der Waals surface area (Å²) in [6, 6.07) is 7.25. The predicted molar refractivity (Wildman–Crippen MR) is 99.0 cm³/mol. The number of aryl methyl sites for hydroxylation is 1. The molecule has 1 saturated carbocycles. The number of anilines is 1. The molecule has 8 heteroatoms. The Bertz CT molecular complexity index is 931. The predicted octanol–water partition coefficient (Wildman–Crippen LogP) is 4.04. The van der Waals surface area contributed by atoms with Gasteiger partial charge in [0.2, 0.25) is 0 Å². The van der Waals surface area contributed by atoms with E-state index in [2.05, 4.69) is 20.4 Å². The van der Waals surface area contributed by atoms with Crippen LogP contribution in [0.3, 0.4) is 0 Å². The summed E-state index contributed by atoms with van der Waals surface area (Å²) >= 11 is 1.59. The van der Waals surface area contributed by atoms with Gasteiger partial charge in [0, 0.05) is 35.3 Å². The number of carbonyl (C=O) groups excluding carboxylic acids is 1. The molecule has 26 heavy (non-hydrogen) atoms. The number of hydrogen-bond acceptors (Lipinski definition) is 6. The van der Waals surface area contributed by atoms with E-state index in [4.69, 9.17) is 4.52 Å². The lowest BCUT2D eigenvalue weighted by atomic mass is 10.2. The van der Waals surface area contributed by atoms with Crippen LogP contribution >= 0.6 is 11.3 Å². The highest BCUT2D eigenvalue weighted by Crippen LogP contribution is 2.39. The van der Waals surface area contributed by atoms with Crippen LogP contribution in [0.15, 0.2) is 35.0 Å². The average molecular weight is 369 g/mol. The Labute approximate surface area is 155 Å². The van der Waals surface area contributed by atoms with Crippen molar-refractivity contribution in [1.29, 1.82) is 0 Å². The van der Waals surface area contributed by atoms with Gasteiger partial charge in [-0.25, -0.2) is 9.78 Å². The van der Waals surface area contributed by atoms with Gasteiger partial charge in [-0.3, -0.25) is 0 Å². The lowest BCUT2D eigenvalue weighted by molar-refractivity contribution is 0.221. The van der Waals surface area contributed by atoms with Crippen LogP contribution < -0.4 is 5.32 Å². The number of hydrogen-bond donors (Lipinski definition) is 1. The zero-order valence-corrected chi connectivity index (χ0v) is 15.4. The molecule has 134 valence electrons. The van der Waals surface area contributed by atoms with Gasteiger partial charge in [0.25, 0.3) is 5.89 Å². The largest absolute Gasteiger partial charge is 0.334 e. The van der Waals surface area contributed by atoms with E-state index in [1.54, 1.807) is 29.5 Å². The van der Waals surface area contributed by atoms with E-state index in [-0.39, 0.29) is 6.03 Å². The molecule has 1 fully saturated rings. The summed E-state index contributed by atoms with van der Waals surface area (Å²) in [4.78, 5) is 23.8. The number of rotatable bonds is 5. The molecule has 1 N–H and O–H groups in total. The van der Waals surface area contributed by atoms with E-state index in [9.17, 15) is 4.79 Å². The normalized spacial score (nSPS) is 13.6. The summed E-state index contributed by atoms with van der Waals surface area (Å²) in [5.41, 5.74) is 1.48. The van der Waals surface area contributed by atoms with Gasteiger partial charge in [-0.05, 0) is 38.0 Å². The maximum atomic E-state index is 12.4. The van der Waals surface area contributed by atoms with E-state index in [0.29, 0.717) is 24.0 Å². The molecular formula is C18H19N5O2S. The van der Waals surface area contributed by atoms with Crippen molar-refractivity contribution in [3.05, 3.63) is 46.2 Å². The standard InChI is InChI=1S/C18H19N5O2S/c1-11-19-9-15(26-11)10-23(2)18(24)20-14-5-3-4-13(8-14)17-21-16(22-25-17)12-6-7-12/h3-5,8-9,12H,6-7,10H2,1-2H3,(H,20,24). The van der Waals surface area contributed by atoms with Crippen LogP contribution in [0.1, 0.15) is 34.5 Å². The molecular weight excluding hydrogens is 350 g/mol. The molecule has 1 aliphatic rings. The van der Waals surface area contributed by atoms with Crippen LogP contribution in [-0.2, 0) is 6.54 Å². The molecule has 0 saturated heterocycles. The molecule has 1 aliphatic carbocycles. The molecule has 2 heterocycles. The van der Waals surface area contributed by atoms with Crippen molar-refractivity contribution >= 4 is 23.1 Å². The molecule has 1 aromatic carbocycles. The first kappa shape index (κ1) is 16.7. The number of aromatic nitrogens is 3. The summed E-state index contributed by atoms with van der Waals surface area (Å²) in [5, 5.41) is 7.93. The number of thiazole rings is 1. The van der Waals surface area contributed by atoms with Crippen molar-refractivity contribution in [2.45, 2.75) is 32.2 Å². The average Bonchev–Trinajstić information content (AvgIpc) is 3.21. The Morgan fingerprint density at radius 2 is 2.27 bits per heavy atom. The van der Waals surface area contributed by atoms with Crippen molar-refractivity contribution in [2.75, 3.05) is 12.4 Å². The summed E-state index contributed by atoms with van der Waals surface area (Å²) < 4.78 is 5.35. The van der Waals surface area contributed by atoms with Gasteiger partial charge >= 0.3 is 6.03 Å². The number of nitrogens with one attached hydrogen (secondary N) is 1. The second-order valence-electron chi connectivity index (χ2n) is 6.44. The third-order valence-corrected chi connectivity index (χ3v) is 5.05. The molecule has 3 aromatic rings. The lowest BCUT2D eigenvalue weighted by Crippen LogP contribution is -2.30. The fourth-order valence-electron chi connectivity index (χ4n) is 2.59. The Morgan fingerprint density at radius 3 is 3.00 bits per heavy atom. The monoisotopic (exact) mass is 369 g/mol. The Morgan fingerprint density at radius 1 is 1.42 bits per heavy atom. The number of amides is 2. The van der Waals surface area contributed by atoms with Gasteiger partial charge in [0.05, 0.1) is 11.6 Å². The van der Waals surface area contributed by atoms with Crippen molar-refractivity contribution < 1.29 is 9.32 Å². The van der Waals surface area contributed by atoms with Gasteiger partial charge in [-0.1, -0.05) is 11.2 Å². The number of urea groups is 1. The highest BCUT2D eigenvalue weighted by molar-refractivity contribution is 7.11. The van der Waals surface area contributed by atoms with E-state index in [1.165, 1.54) is 0 Å². The van der Waals surface area contributed by atoms with Gasteiger partial charge in [0.1, 0.15) is 0 Å². The maximum absolute atomic E-state index is 12.4. The Hall–Kier alpha value is -2.74. The van der Waals surface area contributed by atoms with Gasteiger partial charge in [-0.15, -0.1) is 11.3 Å². The zero-order valence-electron chi connectivity index (χ0n) is 14.6. The minimum atomic E-state index is -0.183. The van der Waals surface area contributed by atoms with Gasteiger partial charge in [-0.2, -0.15) is 4.98 Å². The molecule has 0 spiro atoms. The van der Waals surface area contributed by atoms with E-state index in [0.717, 1.165) is 34.1 Å². The van der Waals surface area contributed by atoms with Crippen molar-refractivity contribution in [2.24, 2.45) is 0 Å².